The molecule has 56 heavy (non-hydrogen) atoms. The summed E-state index contributed by atoms with van der Waals surface area (Å²) in [7, 11) is 4.19. The van der Waals surface area contributed by atoms with Crippen molar-refractivity contribution in [3.8, 4) is 17.1 Å². The highest BCUT2D eigenvalue weighted by Crippen LogP contribution is 2.54. The van der Waals surface area contributed by atoms with Crippen molar-refractivity contribution in [2.75, 3.05) is 37.6 Å². The van der Waals surface area contributed by atoms with Crippen molar-refractivity contribution in [3.63, 3.8) is 0 Å². The Hall–Kier alpha value is -4.35. The van der Waals surface area contributed by atoms with E-state index >= 15 is 4.39 Å². The number of nitrogens with zero attached hydrogens (tertiary/aromatic N) is 7. The Morgan fingerprint density at radius 2 is 1.82 bits per heavy atom. The number of carboxylic acids is 1. The Bertz CT molecular complexity index is 1990. The van der Waals surface area contributed by atoms with E-state index in [2.05, 4.69) is 57.0 Å². The molecule has 1 aromatic carbocycles. The number of hydrogen-bond donors (Lipinski definition) is 3. The number of aromatic carboxylic acids is 1. The lowest BCUT2D eigenvalue weighted by Gasteiger charge is -2.55. The lowest BCUT2D eigenvalue weighted by Crippen LogP contribution is -2.56. The summed E-state index contributed by atoms with van der Waals surface area (Å²) in [6, 6.07) is 5.34. The van der Waals surface area contributed by atoms with Gasteiger partial charge in [-0.3, -0.25) is 10.1 Å². The number of aryl methyl sites for hydroxylation is 2. The van der Waals surface area contributed by atoms with Gasteiger partial charge in [0.05, 0.1) is 11.8 Å². The fourth-order valence-corrected chi connectivity index (χ4v) is 10.0. The van der Waals surface area contributed by atoms with Gasteiger partial charge < -0.3 is 29.9 Å². The molecule has 3 aromatic rings. The van der Waals surface area contributed by atoms with Gasteiger partial charge in [0.15, 0.2) is 0 Å². The van der Waals surface area contributed by atoms with Crippen molar-refractivity contribution in [2.45, 2.75) is 102 Å². The third kappa shape index (κ3) is 7.94. The number of carbonyl (C=O) groups is 1. The van der Waals surface area contributed by atoms with Crippen LogP contribution in [-0.2, 0) is 13.5 Å². The molecular weight excluding hydrogens is 728 g/mol. The molecule has 5 heterocycles. The van der Waals surface area contributed by atoms with Crippen molar-refractivity contribution in [1.82, 2.24) is 34.9 Å². The zero-order valence-electron chi connectivity index (χ0n) is 32.6. The zero-order valence-corrected chi connectivity index (χ0v) is 33.8. The van der Waals surface area contributed by atoms with Gasteiger partial charge in [-0.2, -0.15) is 5.10 Å². The van der Waals surface area contributed by atoms with Crippen molar-refractivity contribution < 1.29 is 19.0 Å². The fourth-order valence-electron chi connectivity index (χ4n) is 9.77. The molecular formula is C42H55FN9O3P. The van der Waals surface area contributed by atoms with E-state index in [4.69, 9.17) is 9.84 Å². The number of rotatable bonds is 10. The van der Waals surface area contributed by atoms with E-state index in [9.17, 15) is 10.2 Å². The first-order chi connectivity index (χ1) is 26.9. The summed E-state index contributed by atoms with van der Waals surface area (Å²) >= 11 is 0. The highest BCUT2D eigenvalue weighted by Gasteiger charge is 2.48. The first-order valence-electron chi connectivity index (χ1n) is 20.2. The molecule has 2 aliphatic carbocycles. The van der Waals surface area contributed by atoms with Crippen LogP contribution in [0.15, 0.2) is 60.5 Å². The summed E-state index contributed by atoms with van der Waals surface area (Å²) in [6.45, 7) is 10.7. The minimum atomic E-state index is -1.24. The maximum Gasteiger partial charge on any atom is 0.338 e. The molecule has 0 amide bonds. The number of hydrogen-bond acceptors (Lipinski definition) is 9. The molecule has 3 N–H and O–H groups in total. The summed E-state index contributed by atoms with van der Waals surface area (Å²) in [4.78, 5) is 26.4. The second-order valence-corrected chi connectivity index (χ2v) is 17.3. The highest BCUT2D eigenvalue weighted by molar-refractivity contribution is 7.16. The van der Waals surface area contributed by atoms with Gasteiger partial charge in [0, 0.05) is 105 Å². The normalized spacial score (nSPS) is 25.1. The second-order valence-electron chi connectivity index (χ2n) is 16.7. The van der Waals surface area contributed by atoms with Crippen LogP contribution in [0.5, 0.6) is 6.01 Å². The van der Waals surface area contributed by atoms with Crippen LogP contribution in [0.2, 0.25) is 0 Å². The number of alkyl halides is 1. The average Bonchev–Trinajstić information content (AvgIpc) is 3.63. The number of likely N-dealkylation sites (tertiary alicyclic amines) is 1. The number of carboxylic acid groups (broad SMARTS) is 1. The topological polar surface area (TPSA) is 136 Å². The van der Waals surface area contributed by atoms with Gasteiger partial charge in [-0.05, 0) is 105 Å². The minimum absolute atomic E-state index is 0.0618. The van der Waals surface area contributed by atoms with E-state index in [1.165, 1.54) is 30.9 Å². The van der Waals surface area contributed by atoms with E-state index < -0.39 is 11.9 Å². The van der Waals surface area contributed by atoms with Crippen LogP contribution in [0.1, 0.15) is 98.5 Å². The van der Waals surface area contributed by atoms with E-state index in [1.807, 2.05) is 26.2 Å². The summed E-state index contributed by atoms with van der Waals surface area (Å²) in [5.41, 5.74) is 8.09. The molecule has 0 bridgehead atoms. The molecule has 1 spiro atoms. The van der Waals surface area contributed by atoms with Crippen molar-refractivity contribution in [2.24, 2.45) is 12.5 Å². The lowest BCUT2D eigenvalue weighted by molar-refractivity contribution is -0.0531. The van der Waals surface area contributed by atoms with Crippen LogP contribution in [0.4, 0.5) is 10.1 Å². The van der Waals surface area contributed by atoms with Crippen LogP contribution in [0.3, 0.4) is 0 Å². The molecule has 12 nitrogen and oxygen atoms in total. The number of aromatic nitrogens is 4. The fraction of sp³-hybridized carbons (Fsp3) is 0.548. The van der Waals surface area contributed by atoms with E-state index in [-0.39, 0.29) is 17.7 Å². The van der Waals surface area contributed by atoms with Gasteiger partial charge in [0.2, 0.25) is 0 Å². The third-order valence-corrected chi connectivity index (χ3v) is 13.4. The van der Waals surface area contributed by atoms with Crippen LogP contribution in [0.25, 0.3) is 11.1 Å². The van der Waals surface area contributed by atoms with Gasteiger partial charge in [0.1, 0.15) is 17.9 Å². The Labute approximate surface area is 331 Å². The standard InChI is InChI=1S/C42H55FN9O3P/c1-26(2)51-16-10-36(35(25-51)39(44)52-13-4-5-27-17-33(29-23-47-49(3)24-29)34(38(43)56)18-37(27)52)48-30-8-14-50(15-9-30)31-19-42(20-31)11-6-32(7-12-42)55-41-45-21-28(22-46-41)40(53)54/h17-18,21-24,30-32,38,44,48H,1,4-16,19-20,25,56H2,2-3H3,(H,53,54). The second kappa shape index (κ2) is 15.9. The van der Waals surface area contributed by atoms with Crippen LogP contribution >= 0.6 is 9.24 Å². The molecule has 8 rings (SSSR count). The first-order valence-corrected chi connectivity index (χ1v) is 20.9. The predicted molar refractivity (Wildman–Crippen MR) is 219 cm³/mol. The number of nitrogens with one attached hydrogen (secondary N) is 2. The van der Waals surface area contributed by atoms with Crippen LogP contribution < -0.4 is 15.0 Å². The molecule has 5 aliphatic rings. The maximum absolute atomic E-state index is 15.2. The third-order valence-electron chi connectivity index (χ3n) is 13.0. The molecule has 2 atom stereocenters. The van der Waals surface area contributed by atoms with Gasteiger partial charge in [-0.15, -0.1) is 0 Å². The Morgan fingerprint density at radius 3 is 2.46 bits per heavy atom. The number of anilines is 1. The SMILES string of the molecule is C=C(C)N1CCC(NC2CCN(C3CC4(CCC(Oc5ncc(C(=O)O)cn5)CC4)C3)CC2)=C(C(=N)N2CCCc3cc(-c4cnn(C)c4)c(C(F)P)cc32)C1. The molecule has 2 saturated carbocycles. The number of benzene rings is 1. The van der Waals surface area contributed by atoms with E-state index in [0.29, 0.717) is 35.4 Å². The molecule has 2 unspecified atom stereocenters. The molecule has 1 saturated heterocycles. The summed E-state index contributed by atoms with van der Waals surface area (Å²) in [5, 5.41) is 27.1. The number of allylic oxidation sites excluding steroid dienone is 1. The number of halogens is 1. The number of ether oxygens (including phenoxy) is 1. The predicted octanol–water partition coefficient (Wildman–Crippen LogP) is 6.87. The summed E-state index contributed by atoms with van der Waals surface area (Å²) in [6.07, 6.45) is 17.9. The quantitative estimate of drug-likeness (QED) is 0.114. The zero-order chi connectivity index (χ0) is 39.1. The number of piperidine rings is 1. The van der Waals surface area contributed by atoms with Gasteiger partial charge in [-0.25, -0.2) is 19.2 Å². The maximum atomic E-state index is 15.2. The molecule has 14 heteroatoms. The van der Waals surface area contributed by atoms with Gasteiger partial charge in [-0.1, -0.05) is 15.8 Å². The molecule has 2 aromatic heterocycles. The first kappa shape index (κ1) is 38.5. The summed E-state index contributed by atoms with van der Waals surface area (Å²) < 4.78 is 23.0. The summed E-state index contributed by atoms with van der Waals surface area (Å²) in [5.74, 6) is -1.78. The van der Waals surface area contributed by atoms with Gasteiger partial charge >= 0.3 is 12.0 Å². The van der Waals surface area contributed by atoms with E-state index in [0.717, 1.165) is 118 Å². The van der Waals surface area contributed by atoms with Crippen molar-refractivity contribution in [1.29, 1.82) is 5.41 Å². The molecule has 3 aliphatic heterocycles. The average molecular weight is 784 g/mol. The molecule has 0 radical (unpaired) electrons. The molecule has 3 fully saturated rings. The van der Waals surface area contributed by atoms with Gasteiger partial charge in [0.25, 0.3) is 0 Å². The van der Waals surface area contributed by atoms with E-state index in [1.54, 1.807) is 10.9 Å². The Balaban J connectivity index is 0.894. The lowest BCUT2D eigenvalue weighted by atomic mass is 9.57. The van der Waals surface area contributed by atoms with Crippen LogP contribution in [-0.4, -0.2) is 97.4 Å². The highest BCUT2D eigenvalue weighted by atomic mass is 31.0. The largest absolute Gasteiger partial charge is 0.478 e. The minimum Gasteiger partial charge on any atom is -0.478 e. The molecule has 298 valence electrons. The van der Waals surface area contributed by atoms with Crippen molar-refractivity contribution in [3.05, 3.63) is 77.2 Å². The Kier molecular flexibility index (Phi) is 10.9. The Morgan fingerprint density at radius 1 is 1.09 bits per heavy atom. The smallest absolute Gasteiger partial charge is 0.338 e. The van der Waals surface area contributed by atoms with Crippen LogP contribution in [0, 0.1) is 10.8 Å². The number of amidine groups is 1. The number of fused-ring (bicyclic) bond motifs is 1. The van der Waals surface area contributed by atoms with Crippen molar-refractivity contribution >= 4 is 26.7 Å². The monoisotopic (exact) mass is 783 g/mol.